The highest BCUT2D eigenvalue weighted by molar-refractivity contribution is 7.92. The van der Waals surface area contributed by atoms with Gasteiger partial charge in [-0.05, 0) is 67.6 Å². The quantitative estimate of drug-likeness (QED) is 0.173. The molecule has 4 heterocycles. The molecule has 1 amide bonds. The van der Waals surface area contributed by atoms with Crippen LogP contribution in [-0.2, 0) is 33.0 Å². The number of sulfonamides is 1. The minimum atomic E-state index is -4.38. The van der Waals surface area contributed by atoms with Crippen molar-refractivity contribution in [2.45, 2.75) is 55.6 Å². The van der Waals surface area contributed by atoms with Gasteiger partial charge in [0.05, 0.1) is 45.1 Å². The van der Waals surface area contributed by atoms with Gasteiger partial charge in [0, 0.05) is 49.4 Å². The van der Waals surface area contributed by atoms with Crippen LogP contribution in [0.25, 0.3) is 27.7 Å². The zero-order valence-electron chi connectivity index (χ0n) is 29.4. The van der Waals surface area contributed by atoms with Crippen LogP contribution < -0.4 is 15.6 Å². The monoisotopic (exact) mass is 768 g/mol. The number of nitrogens with one attached hydrogen (secondary N) is 2. The van der Waals surface area contributed by atoms with Crippen molar-refractivity contribution in [1.29, 1.82) is 0 Å². The van der Waals surface area contributed by atoms with Gasteiger partial charge >= 0.3 is 5.97 Å². The smallest absolute Gasteiger partial charge is 0.329 e. The van der Waals surface area contributed by atoms with Gasteiger partial charge in [-0.2, -0.15) is 0 Å². The number of ether oxygens (including phenoxy) is 1. The average Bonchev–Trinajstić information content (AvgIpc) is 3.45. The maximum atomic E-state index is 15.5. The van der Waals surface area contributed by atoms with Crippen LogP contribution in [0.3, 0.4) is 0 Å². The van der Waals surface area contributed by atoms with Gasteiger partial charge in [-0.25, -0.2) is 36.6 Å². The fraction of sp³-hybridized carbons (Fsp3) is 0.237. The molecule has 0 aliphatic heterocycles. The van der Waals surface area contributed by atoms with Crippen LogP contribution >= 0.6 is 0 Å². The minimum Gasteiger partial charge on any atom is -0.461 e. The lowest BCUT2D eigenvalue weighted by molar-refractivity contribution is -0.152. The molecule has 17 heteroatoms. The molecule has 1 aliphatic carbocycles. The van der Waals surface area contributed by atoms with Crippen molar-refractivity contribution in [2.24, 2.45) is 7.05 Å². The molecule has 6 aromatic rings. The maximum absolute atomic E-state index is 15.5. The number of anilines is 1. The van der Waals surface area contributed by atoms with Crippen molar-refractivity contribution in [3.05, 3.63) is 125 Å². The summed E-state index contributed by atoms with van der Waals surface area (Å²) in [6.07, 6.45) is 12.5. The highest BCUT2D eigenvalue weighted by atomic mass is 32.2. The number of hydrogen-bond donors (Lipinski definition) is 2. The standard InChI is InChI=1S/C38H34F2N8O6S/c1-47-35-21-41-14-13-29(35)37(50)48(47)26-10-9-25(44-20-26)15-34(38(51)54-27-5-3-2-4-6-27)45-36(49)30-16-32(40)33(17-31(30)39)46-55(52,53)28-11-7-23(8-12-28)24-18-42-22-43-19-24/h7-14,16-22,27,34,46H,2-6,15H2,1H3,(H,45,49)/t34-/m0/s1. The highest BCUT2D eigenvalue weighted by Crippen LogP contribution is 2.26. The number of hydrogen-bond acceptors (Lipinski definition) is 10. The number of benzene rings is 2. The van der Waals surface area contributed by atoms with E-state index in [2.05, 4.69) is 25.3 Å². The number of nitrogens with zero attached hydrogens (tertiary/aromatic N) is 6. The first-order valence-corrected chi connectivity index (χ1v) is 18.8. The SMILES string of the molecule is Cn1c2cnccc2c(=O)n1-c1ccc(C[C@H](NC(=O)c2cc(F)c(NS(=O)(=O)c3ccc(-c4cncnc4)cc3)cc2F)C(=O)OC2CCCCC2)nc1. The number of carbonyl (C=O) groups is 2. The van der Waals surface area contributed by atoms with Crippen LogP contribution in [0.2, 0.25) is 0 Å². The normalized spacial score (nSPS) is 14.0. The molecular formula is C38H34F2N8O6S. The van der Waals surface area contributed by atoms with Crippen molar-refractivity contribution < 1.29 is 31.5 Å². The number of aromatic nitrogens is 6. The summed E-state index contributed by atoms with van der Waals surface area (Å²) in [6, 6.07) is 10.2. The van der Waals surface area contributed by atoms with E-state index in [1.165, 1.54) is 47.7 Å². The number of esters is 1. The summed E-state index contributed by atoms with van der Waals surface area (Å²) in [7, 11) is -2.67. The highest BCUT2D eigenvalue weighted by Gasteiger charge is 2.29. The zero-order valence-corrected chi connectivity index (χ0v) is 30.2. The minimum absolute atomic E-state index is 0.177. The number of aryl methyl sites for hydroxylation is 1. The van der Waals surface area contributed by atoms with Gasteiger partial charge in [-0.3, -0.25) is 29.0 Å². The second-order valence-electron chi connectivity index (χ2n) is 13.0. The number of halogens is 2. The Labute approximate surface area is 313 Å². The van der Waals surface area contributed by atoms with Gasteiger partial charge in [-0.1, -0.05) is 18.6 Å². The molecule has 1 fully saturated rings. The molecule has 0 spiro atoms. The zero-order chi connectivity index (χ0) is 38.7. The predicted molar refractivity (Wildman–Crippen MR) is 197 cm³/mol. The number of carbonyl (C=O) groups excluding carboxylic acids is 2. The van der Waals surface area contributed by atoms with E-state index >= 15 is 8.78 Å². The summed E-state index contributed by atoms with van der Waals surface area (Å²) in [4.78, 5) is 56.2. The Bertz CT molecular complexity index is 2540. The van der Waals surface area contributed by atoms with E-state index in [9.17, 15) is 22.8 Å². The molecule has 0 saturated heterocycles. The number of rotatable bonds is 11. The van der Waals surface area contributed by atoms with Crippen LogP contribution in [0.15, 0.2) is 102 Å². The topological polar surface area (TPSA) is 180 Å². The van der Waals surface area contributed by atoms with Gasteiger partial charge in [0.1, 0.15) is 30.1 Å². The predicted octanol–water partition coefficient (Wildman–Crippen LogP) is 4.87. The summed E-state index contributed by atoms with van der Waals surface area (Å²) in [5, 5.41) is 2.93. The van der Waals surface area contributed by atoms with Crippen LogP contribution in [0.1, 0.15) is 48.2 Å². The number of amides is 1. The molecule has 2 N–H and O–H groups in total. The lowest BCUT2D eigenvalue weighted by Gasteiger charge is -2.25. The number of pyridine rings is 2. The van der Waals surface area contributed by atoms with Crippen molar-refractivity contribution in [1.82, 2.24) is 34.6 Å². The van der Waals surface area contributed by atoms with E-state index in [0.29, 0.717) is 58.4 Å². The fourth-order valence-electron chi connectivity index (χ4n) is 6.48. The second-order valence-corrected chi connectivity index (χ2v) is 14.7. The molecule has 7 rings (SSSR count). The lowest BCUT2D eigenvalue weighted by atomic mass is 9.97. The summed E-state index contributed by atoms with van der Waals surface area (Å²) in [5.41, 5.74) is 0.896. The van der Waals surface area contributed by atoms with Crippen LogP contribution in [0, 0.1) is 11.6 Å². The van der Waals surface area contributed by atoms with Gasteiger partial charge in [-0.15, -0.1) is 0 Å². The summed E-state index contributed by atoms with van der Waals surface area (Å²) >= 11 is 0. The summed E-state index contributed by atoms with van der Waals surface area (Å²) in [6.45, 7) is 0. The van der Waals surface area contributed by atoms with E-state index in [0.717, 1.165) is 19.3 Å². The first-order valence-electron chi connectivity index (χ1n) is 17.3. The molecule has 1 aliphatic rings. The lowest BCUT2D eigenvalue weighted by Crippen LogP contribution is -2.45. The third-order valence-electron chi connectivity index (χ3n) is 9.37. The van der Waals surface area contributed by atoms with Crippen LogP contribution in [0.5, 0.6) is 0 Å². The Kier molecular flexibility index (Phi) is 10.5. The van der Waals surface area contributed by atoms with E-state index in [4.69, 9.17) is 4.74 Å². The Hall–Kier alpha value is -6.36. The molecule has 2 aromatic carbocycles. The number of fused-ring (bicyclic) bond motifs is 1. The Balaban J connectivity index is 1.09. The van der Waals surface area contributed by atoms with Gasteiger partial charge in [0.15, 0.2) is 0 Å². The van der Waals surface area contributed by atoms with E-state index in [1.807, 2.05) is 4.72 Å². The molecular weight excluding hydrogens is 735 g/mol. The molecule has 0 unspecified atom stereocenters. The van der Waals surface area contributed by atoms with E-state index in [-0.39, 0.29) is 23.0 Å². The summed E-state index contributed by atoms with van der Waals surface area (Å²) in [5.74, 6) is -4.39. The van der Waals surface area contributed by atoms with Gasteiger partial charge < -0.3 is 10.1 Å². The van der Waals surface area contributed by atoms with Crippen LogP contribution in [0.4, 0.5) is 14.5 Å². The van der Waals surface area contributed by atoms with Crippen molar-refractivity contribution in [3.8, 4) is 16.8 Å². The van der Waals surface area contributed by atoms with Crippen LogP contribution in [-0.4, -0.2) is 61.7 Å². The van der Waals surface area contributed by atoms with E-state index < -0.39 is 50.8 Å². The first-order chi connectivity index (χ1) is 26.5. The molecule has 1 atom stereocenters. The molecule has 282 valence electrons. The maximum Gasteiger partial charge on any atom is 0.329 e. The molecule has 0 radical (unpaired) electrons. The van der Waals surface area contributed by atoms with Crippen molar-refractivity contribution in [3.63, 3.8) is 0 Å². The third-order valence-corrected chi connectivity index (χ3v) is 10.7. The van der Waals surface area contributed by atoms with Gasteiger partial charge in [0.2, 0.25) is 0 Å². The molecule has 1 saturated carbocycles. The molecule has 55 heavy (non-hydrogen) atoms. The largest absolute Gasteiger partial charge is 0.461 e. The molecule has 0 bridgehead atoms. The second kappa shape index (κ2) is 15.5. The summed E-state index contributed by atoms with van der Waals surface area (Å²) < 4.78 is 67.8. The van der Waals surface area contributed by atoms with E-state index in [1.54, 1.807) is 48.5 Å². The molecule has 14 nitrogen and oxygen atoms in total. The van der Waals surface area contributed by atoms with Crippen molar-refractivity contribution >= 4 is 38.5 Å². The fourth-order valence-corrected chi connectivity index (χ4v) is 7.54. The Morgan fingerprint density at radius 3 is 2.35 bits per heavy atom. The molecule has 4 aromatic heterocycles. The average molecular weight is 769 g/mol. The Morgan fingerprint density at radius 1 is 0.909 bits per heavy atom. The van der Waals surface area contributed by atoms with Crippen molar-refractivity contribution in [2.75, 3.05) is 4.72 Å². The third kappa shape index (κ3) is 7.96. The first kappa shape index (κ1) is 37.0. The Morgan fingerprint density at radius 2 is 1.65 bits per heavy atom. The van der Waals surface area contributed by atoms with Gasteiger partial charge in [0.25, 0.3) is 21.5 Å².